The maximum atomic E-state index is 11.2. The van der Waals surface area contributed by atoms with Crippen molar-refractivity contribution in [2.75, 3.05) is 0 Å². The number of rotatable bonds is 5. The normalized spacial score (nSPS) is 14.9. The molecular formula is C28H25NO2. The topological polar surface area (TPSA) is 43.1 Å². The Morgan fingerprint density at radius 1 is 0.871 bits per heavy atom. The molecule has 1 atom stereocenters. The first-order valence-corrected chi connectivity index (χ1v) is 10.4. The predicted molar refractivity (Wildman–Crippen MR) is 127 cm³/mol. The van der Waals surface area contributed by atoms with Crippen molar-refractivity contribution in [2.45, 2.75) is 26.7 Å². The van der Waals surface area contributed by atoms with Crippen molar-refractivity contribution in [1.82, 2.24) is 0 Å². The SMILES string of the molecule is C=C(C)C(=C(C)C)C1=C(c2ccccc2)c2ccccc2C1c1ccc([N+](=O)[O-])cc1. The molecule has 0 saturated heterocycles. The maximum Gasteiger partial charge on any atom is 0.269 e. The zero-order valence-electron chi connectivity index (χ0n) is 18.1. The van der Waals surface area contributed by atoms with Gasteiger partial charge in [0.05, 0.1) is 4.92 Å². The number of nitrogens with zero attached hydrogens (tertiary/aromatic N) is 1. The predicted octanol–water partition coefficient (Wildman–Crippen LogP) is 7.45. The Morgan fingerprint density at radius 3 is 2.06 bits per heavy atom. The van der Waals surface area contributed by atoms with Gasteiger partial charge in [-0.2, -0.15) is 0 Å². The summed E-state index contributed by atoms with van der Waals surface area (Å²) >= 11 is 0. The van der Waals surface area contributed by atoms with Gasteiger partial charge in [0.25, 0.3) is 5.69 Å². The van der Waals surface area contributed by atoms with Gasteiger partial charge >= 0.3 is 0 Å². The zero-order valence-corrected chi connectivity index (χ0v) is 18.1. The smallest absolute Gasteiger partial charge is 0.258 e. The highest BCUT2D eigenvalue weighted by molar-refractivity contribution is 5.93. The Kier molecular flexibility index (Phi) is 5.43. The second kappa shape index (κ2) is 8.19. The summed E-state index contributed by atoms with van der Waals surface area (Å²) in [6.07, 6.45) is 0. The van der Waals surface area contributed by atoms with E-state index in [1.54, 1.807) is 12.1 Å². The summed E-state index contributed by atoms with van der Waals surface area (Å²) in [4.78, 5) is 10.8. The fraction of sp³-hybridized carbons (Fsp3) is 0.143. The van der Waals surface area contributed by atoms with Crippen LogP contribution in [0.25, 0.3) is 5.57 Å². The fourth-order valence-electron chi connectivity index (χ4n) is 4.67. The lowest BCUT2D eigenvalue weighted by Crippen LogP contribution is -2.06. The summed E-state index contributed by atoms with van der Waals surface area (Å²) in [6.45, 7) is 10.6. The van der Waals surface area contributed by atoms with Crippen molar-refractivity contribution in [1.29, 1.82) is 0 Å². The molecule has 31 heavy (non-hydrogen) atoms. The van der Waals surface area contributed by atoms with Crippen LogP contribution in [0.4, 0.5) is 5.69 Å². The van der Waals surface area contributed by atoms with Gasteiger partial charge in [-0.15, -0.1) is 0 Å². The van der Waals surface area contributed by atoms with E-state index < -0.39 is 0 Å². The van der Waals surface area contributed by atoms with Crippen LogP contribution in [-0.4, -0.2) is 4.92 Å². The molecule has 0 aliphatic heterocycles. The molecule has 1 aliphatic carbocycles. The molecule has 3 heteroatoms. The van der Waals surface area contributed by atoms with Gasteiger partial charge in [0.15, 0.2) is 0 Å². The molecule has 0 N–H and O–H groups in total. The monoisotopic (exact) mass is 407 g/mol. The zero-order chi connectivity index (χ0) is 22.1. The quantitative estimate of drug-likeness (QED) is 0.250. The number of non-ortho nitro benzene ring substituents is 1. The first-order chi connectivity index (χ1) is 14.9. The van der Waals surface area contributed by atoms with Crippen molar-refractivity contribution >= 4 is 11.3 Å². The number of hydrogen-bond acceptors (Lipinski definition) is 2. The van der Waals surface area contributed by atoms with E-state index in [-0.39, 0.29) is 16.5 Å². The van der Waals surface area contributed by atoms with Crippen LogP contribution < -0.4 is 0 Å². The van der Waals surface area contributed by atoms with Crippen molar-refractivity contribution < 1.29 is 4.92 Å². The molecule has 154 valence electrons. The van der Waals surface area contributed by atoms with E-state index in [1.165, 1.54) is 33.4 Å². The van der Waals surface area contributed by atoms with Gasteiger partial charge in [0, 0.05) is 18.1 Å². The van der Waals surface area contributed by atoms with Crippen molar-refractivity contribution in [3.63, 3.8) is 0 Å². The van der Waals surface area contributed by atoms with Crippen LogP contribution in [0.5, 0.6) is 0 Å². The van der Waals surface area contributed by atoms with E-state index in [9.17, 15) is 10.1 Å². The highest BCUT2D eigenvalue weighted by Crippen LogP contribution is 2.52. The average molecular weight is 408 g/mol. The highest BCUT2D eigenvalue weighted by atomic mass is 16.6. The third-order valence-corrected chi connectivity index (χ3v) is 5.79. The van der Waals surface area contributed by atoms with Crippen LogP contribution in [0.3, 0.4) is 0 Å². The summed E-state index contributed by atoms with van der Waals surface area (Å²) in [5.74, 6) is -0.0196. The summed E-state index contributed by atoms with van der Waals surface area (Å²) < 4.78 is 0. The van der Waals surface area contributed by atoms with Crippen molar-refractivity contribution in [2.24, 2.45) is 0 Å². The molecule has 3 aromatic rings. The molecule has 0 radical (unpaired) electrons. The van der Waals surface area contributed by atoms with E-state index in [0.29, 0.717) is 0 Å². The van der Waals surface area contributed by atoms with Gasteiger partial charge in [0.2, 0.25) is 0 Å². The van der Waals surface area contributed by atoms with Crippen molar-refractivity contribution in [3.8, 4) is 0 Å². The Hall–Kier alpha value is -3.72. The van der Waals surface area contributed by atoms with E-state index in [4.69, 9.17) is 0 Å². The molecule has 4 rings (SSSR count). The molecule has 1 aliphatic rings. The van der Waals surface area contributed by atoms with Gasteiger partial charge in [-0.05, 0) is 59.7 Å². The third kappa shape index (κ3) is 3.64. The molecule has 0 fully saturated rings. The Labute approximate surface area is 183 Å². The van der Waals surface area contributed by atoms with E-state index >= 15 is 0 Å². The molecule has 1 unspecified atom stereocenters. The molecule has 0 bridgehead atoms. The number of allylic oxidation sites excluding steroid dienone is 4. The number of benzene rings is 3. The Bertz CT molecular complexity index is 1230. The number of nitro benzene ring substituents is 1. The molecule has 3 aromatic carbocycles. The van der Waals surface area contributed by atoms with Crippen LogP contribution in [0.2, 0.25) is 0 Å². The maximum absolute atomic E-state index is 11.2. The lowest BCUT2D eigenvalue weighted by atomic mass is 9.81. The van der Waals surface area contributed by atoms with Crippen LogP contribution in [0, 0.1) is 10.1 Å². The Morgan fingerprint density at radius 2 is 1.48 bits per heavy atom. The fourth-order valence-corrected chi connectivity index (χ4v) is 4.67. The molecule has 3 nitrogen and oxygen atoms in total. The van der Waals surface area contributed by atoms with E-state index in [2.05, 4.69) is 69.0 Å². The van der Waals surface area contributed by atoms with Gasteiger partial charge in [-0.3, -0.25) is 10.1 Å². The third-order valence-electron chi connectivity index (χ3n) is 5.79. The second-order valence-electron chi connectivity index (χ2n) is 8.18. The van der Waals surface area contributed by atoms with Gasteiger partial charge in [-0.25, -0.2) is 0 Å². The molecular weight excluding hydrogens is 382 g/mol. The standard InChI is InChI=1S/C28H25NO2/c1-18(2)25(19(3)4)28-26(20-10-6-5-7-11-20)23-12-8-9-13-24(23)27(28)21-14-16-22(17-15-21)29(30)31/h5-17,27H,1H2,2-4H3. The summed E-state index contributed by atoms with van der Waals surface area (Å²) in [6, 6.07) is 25.9. The molecule has 0 saturated carbocycles. The van der Waals surface area contributed by atoms with Crippen molar-refractivity contribution in [3.05, 3.63) is 140 Å². The Balaban J connectivity index is 2.06. The van der Waals surface area contributed by atoms with Gasteiger partial charge < -0.3 is 0 Å². The van der Waals surface area contributed by atoms with E-state index in [1.807, 2.05) is 25.1 Å². The lowest BCUT2D eigenvalue weighted by Gasteiger charge is -2.22. The van der Waals surface area contributed by atoms with Crippen LogP contribution in [0.15, 0.2) is 108 Å². The number of nitro groups is 1. The summed E-state index contributed by atoms with van der Waals surface area (Å²) in [5, 5.41) is 11.2. The van der Waals surface area contributed by atoms with Gasteiger partial charge in [0.1, 0.15) is 0 Å². The summed E-state index contributed by atoms with van der Waals surface area (Å²) in [7, 11) is 0. The minimum absolute atomic E-state index is 0.0196. The minimum atomic E-state index is -0.353. The first kappa shape index (κ1) is 20.5. The highest BCUT2D eigenvalue weighted by Gasteiger charge is 2.35. The van der Waals surface area contributed by atoms with E-state index in [0.717, 1.165) is 16.7 Å². The molecule has 0 heterocycles. The van der Waals surface area contributed by atoms with Gasteiger partial charge in [-0.1, -0.05) is 84.5 Å². The largest absolute Gasteiger partial charge is 0.269 e. The second-order valence-corrected chi connectivity index (χ2v) is 8.18. The number of hydrogen-bond donors (Lipinski definition) is 0. The molecule has 0 aromatic heterocycles. The minimum Gasteiger partial charge on any atom is -0.258 e. The molecule has 0 spiro atoms. The lowest BCUT2D eigenvalue weighted by molar-refractivity contribution is -0.384. The van der Waals surface area contributed by atoms with Crippen LogP contribution in [0.1, 0.15) is 48.9 Å². The van der Waals surface area contributed by atoms with Crippen LogP contribution >= 0.6 is 0 Å². The first-order valence-electron chi connectivity index (χ1n) is 10.4. The molecule has 0 amide bonds. The number of fused-ring (bicyclic) bond motifs is 1. The van der Waals surface area contributed by atoms with Crippen LogP contribution in [-0.2, 0) is 0 Å². The summed E-state index contributed by atoms with van der Waals surface area (Å²) in [5.41, 5.74) is 10.5. The average Bonchev–Trinajstić information content (AvgIpc) is 3.08.